The van der Waals surface area contributed by atoms with Crippen LogP contribution in [0.5, 0.6) is 11.5 Å². The Kier molecular flexibility index (Phi) is 4.73. The molecule has 0 unspecified atom stereocenters. The Bertz CT molecular complexity index is 673. The Balaban J connectivity index is 2.11. The minimum atomic E-state index is -1.08. The Morgan fingerprint density at radius 3 is 2.67 bits per heavy atom. The van der Waals surface area contributed by atoms with Crippen molar-refractivity contribution in [2.45, 2.75) is 0 Å². The van der Waals surface area contributed by atoms with E-state index >= 15 is 0 Å². The van der Waals surface area contributed by atoms with E-state index in [1.165, 1.54) is 42.7 Å². The molecule has 1 heterocycles. The van der Waals surface area contributed by atoms with Crippen LogP contribution in [0.3, 0.4) is 0 Å². The molecule has 0 amide bonds. The fourth-order valence-electron chi connectivity index (χ4n) is 1.56. The van der Waals surface area contributed by atoms with Crippen molar-refractivity contribution in [1.82, 2.24) is 0 Å². The summed E-state index contributed by atoms with van der Waals surface area (Å²) in [6.45, 7) is 0. The number of rotatable bonds is 5. The van der Waals surface area contributed by atoms with Gasteiger partial charge in [-0.15, -0.1) is 11.3 Å². The molecule has 0 radical (unpaired) electrons. The highest BCUT2D eigenvalue weighted by Gasteiger charge is 2.12. The van der Waals surface area contributed by atoms with Gasteiger partial charge in [0.15, 0.2) is 11.5 Å². The van der Waals surface area contributed by atoms with E-state index in [-0.39, 0.29) is 17.1 Å². The average Bonchev–Trinajstić information content (AvgIpc) is 2.98. The number of ether oxygens (including phenoxy) is 2. The summed E-state index contributed by atoms with van der Waals surface area (Å²) in [5, 5.41) is 10.8. The van der Waals surface area contributed by atoms with Crippen LogP contribution in [0.1, 0.15) is 15.2 Å². The first-order chi connectivity index (χ1) is 10.1. The second kappa shape index (κ2) is 6.71. The zero-order valence-electron chi connectivity index (χ0n) is 11.1. The number of carbonyl (C=O) groups excluding carboxylic acids is 1. The maximum atomic E-state index is 11.7. The topological polar surface area (TPSA) is 72.8 Å². The standard InChI is InChI=1S/C15H12O5S/c1-19-13-9-10(15(17)18)4-6-12(13)20-14(16)7-5-11-3-2-8-21-11/h2-9H,1H3,(H,17,18)/b7-5+. The van der Waals surface area contributed by atoms with E-state index in [9.17, 15) is 9.59 Å². The largest absolute Gasteiger partial charge is 0.493 e. The van der Waals surface area contributed by atoms with E-state index in [0.717, 1.165) is 4.88 Å². The van der Waals surface area contributed by atoms with Crippen molar-refractivity contribution < 1.29 is 24.2 Å². The molecule has 1 aromatic heterocycles. The smallest absolute Gasteiger partial charge is 0.336 e. The number of aromatic carboxylic acids is 1. The van der Waals surface area contributed by atoms with Crippen molar-refractivity contribution in [3.8, 4) is 11.5 Å². The summed E-state index contributed by atoms with van der Waals surface area (Å²) in [6, 6.07) is 7.78. The van der Waals surface area contributed by atoms with E-state index in [1.54, 1.807) is 6.08 Å². The minimum absolute atomic E-state index is 0.0563. The first kappa shape index (κ1) is 14.8. The Labute approximate surface area is 125 Å². The highest BCUT2D eigenvalue weighted by Crippen LogP contribution is 2.28. The van der Waals surface area contributed by atoms with E-state index < -0.39 is 11.9 Å². The third kappa shape index (κ3) is 3.93. The lowest BCUT2D eigenvalue weighted by molar-refractivity contribution is -0.129. The van der Waals surface area contributed by atoms with Gasteiger partial charge in [-0.05, 0) is 35.7 Å². The molecule has 0 fully saturated rings. The second-order valence-electron chi connectivity index (χ2n) is 3.94. The molecule has 2 aromatic rings. The summed E-state index contributed by atoms with van der Waals surface area (Å²) < 4.78 is 10.2. The second-order valence-corrected chi connectivity index (χ2v) is 4.92. The van der Waals surface area contributed by atoms with Gasteiger partial charge in [-0.25, -0.2) is 9.59 Å². The first-order valence-corrected chi connectivity index (χ1v) is 6.83. The van der Waals surface area contributed by atoms with Crippen LogP contribution in [0.4, 0.5) is 0 Å². The maximum Gasteiger partial charge on any atom is 0.336 e. The SMILES string of the molecule is COc1cc(C(=O)O)ccc1OC(=O)/C=C/c1cccs1. The average molecular weight is 304 g/mol. The predicted octanol–water partition coefficient (Wildman–Crippen LogP) is 3.07. The highest BCUT2D eigenvalue weighted by molar-refractivity contribution is 7.10. The zero-order chi connectivity index (χ0) is 15.2. The molecule has 0 saturated carbocycles. The minimum Gasteiger partial charge on any atom is -0.493 e. The first-order valence-electron chi connectivity index (χ1n) is 5.95. The Hall–Kier alpha value is -2.60. The van der Waals surface area contributed by atoms with Crippen molar-refractivity contribution >= 4 is 29.4 Å². The number of thiophene rings is 1. The van der Waals surface area contributed by atoms with Gasteiger partial charge >= 0.3 is 11.9 Å². The van der Waals surface area contributed by atoms with Crippen LogP contribution in [0.15, 0.2) is 41.8 Å². The van der Waals surface area contributed by atoms with Gasteiger partial charge in [-0.1, -0.05) is 6.07 Å². The molecule has 0 saturated heterocycles. The Morgan fingerprint density at radius 2 is 2.05 bits per heavy atom. The molecule has 0 bridgehead atoms. The molecule has 5 nitrogen and oxygen atoms in total. The summed E-state index contributed by atoms with van der Waals surface area (Å²) in [5.41, 5.74) is 0.0563. The molecule has 0 spiro atoms. The van der Waals surface area contributed by atoms with Crippen molar-refractivity contribution in [2.24, 2.45) is 0 Å². The van der Waals surface area contributed by atoms with Crippen LogP contribution >= 0.6 is 11.3 Å². The van der Waals surface area contributed by atoms with Gasteiger partial charge in [0.1, 0.15) is 0 Å². The fraction of sp³-hybridized carbons (Fsp3) is 0.0667. The maximum absolute atomic E-state index is 11.7. The third-order valence-corrected chi connectivity index (χ3v) is 3.39. The molecular weight excluding hydrogens is 292 g/mol. The van der Waals surface area contributed by atoms with Gasteiger partial charge in [-0.2, -0.15) is 0 Å². The third-order valence-electron chi connectivity index (χ3n) is 2.55. The van der Waals surface area contributed by atoms with Crippen LogP contribution < -0.4 is 9.47 Å². The summed E-state index contributed by atoms with van der Waals surface area (Å²) in [6.07, 6.45) is 2.95. The number of benzene rings is 1. The lowest BCUT2D eigenvalue weighted by atomic mass is 10.2. The lowest BCUT2D eigenvalue weighted by Crippen LogP contribution is -2.06. The number of hydrogen-bond acceptors (Lipinski definition) is 5. The fourth-order valence-corrected chi connectivity index (χ4v) is 2.18. The van der Waals surface area contributed by atoms with E-state index in [4.69, 9.17) is 14.6 Å². The van der Waals surface area contributed by atoms with Crippen LogP contribution in [0.2, 0.25) is 0 Å². The molecular formula is C15H12O5S. The quantitative estimate of drug-likeness (QED) is 0.522. The monoisotopic (exact) mass is 304 g/mol. The molecule has 0 aliphatic heterocycles. The number of carboxylic acid groups (broad SMARTS) is 1. The number of methoxy groups -OCH3 is 1. The molecule has 1 aromatic carbocycles. The lowest BCUT2D eigenvalue weighted by Gasteiger charge is -2.08. The molecule has 2 rings (SSSR count). The van der Waals surface area contributed by atoms with E-state index in [0.29, 0.717) is 0 Å². The molecule has 1 N–H and O–H groups in total. The molecule has 21 heavy (non-hydrogen) atoms. The summed E-state index contributed by atoms with van der Waals surface area (Å²) >= 11 is 1.50. The zero-order valence-corrected chi connectivity index (χ0v) is 11.9. The van der Waals surface area contributed by atoms with Gasteiger partial charge in [0, 0.05) is 11.0 Å². The van der Waals surface area contributed by atoms with E-state index in [2.05, 4.69) is 0 Å². The van der Waals surface area contributed by atoms with E-state index in [1.807, 2.05) is 17.5 Å². The van der Waals surface area contributed by atoms with Crippen molar-refractivity contribution in [1.29, 1.82) is 0 Å². The number of carboxylic acids is 1. The van der Waals surface area contributed by atoms with Gasteiger partial charge in [0.05, 0.1) is 12.7 Å². The van der Waals surface area contributed by atoms with Crippen LogP contribution in [-0.4, -0.2) is 24.2 Å². The normalized spacial score (nSPS) is 10.5. The van der Waals surface area contributed by atoms with Crippen molar-refractivity contribution in [2.75, 3.05) is 7.11 Å². The molecule has 6 heteroatoms. The summed E-state index contributed by atoms with van der Waals surface area (Å²) in [7, 11) is 1.37. The summed E-state index contributed by atoms with van der Waals surface area (Å²) in [5.74, 6) is -1.29. The Morgan fingerprint density at radius 1 is 1.24 bits per heavy atom. The van der Waals surface area contributed by atoms with Gasteiger partial charge in [0.25, 0.3) is 0 Å². The summed E-state index contributed by atoms with van der Waals surface area (Å²) in [4.78, 5) is 23.5. The predicted molar refractivity (Wildman–Crippen MR) is 78.9 cm³/mol. The molecule has 0 aliphatic rings. The number of carbonyl (C=O) groups is 2. The van der Waals surface area contributed by atoms with Gasteiger partial charge in [0.2, 0.25) is 0 Å². The highest BCUT2D eigenvalue weighted by atomic mass is 32.1. The van der Waals surface area contributed by atoms with Crippen LogP contribution in [0, 0.1) is 0 Å². The molecule has 0 aliphatic carbocycles. The van der Waals surface area contributed by atoms with Crippen molar-refractivity contribution in [3.05, 3.63) is 52.2 Å². The van der Waals surface area contributed by atoms with Gasteiger partial charge in [-0.3, -0.25) is 0 Å². The van der Waals surface area contributed by atoms with Gasteiger partial charge < -0.3 is 14.6 Å². The molecule has 0 atom stereocenters. The molecule has 108 valence electrons. The van der Waals surface area contributed by atoms with Crippen LogP contribution in [0.25, 0.3) is 6.08 Å². The van der Waals surface area contributed by atoms with Crippen LogP contribution in [-0.2, 0) is 4.79 Å². The number of hydrogen-bond donors (Lipinski definition) is 1. The number of esters is 1. The van der Waals surface area contributed by atoms with Crippen molar-refractivity contribution in [3.63, 3.8) is 0 Å².